The monoisotopic (exact) mass is 327 g/mol. The first-order chi connectivity index (χ1) is 9.06. The van der Waals surface area contributed by atoms with Crippen LogP contribution in [0.3, 0.4) is 0 Å². The van der Waals surface area contributed by atoms with Gasteiger partial charge in [0.2, 0.25) is 0 Å². The molecule has 106 valence electrons. The molecule has 1 aromatic rings. The summed E-state index contributed by atoms with van der Waals surface area (Å²) in [6, 6.07) is 2.08. The lowest BCUT2D eigenvalue weighted by Crippen LogP contribution is -2.49. The Kier molecular flexibility index (Phi) is 4.68. The number of aromatic nitrogens is 1. The lowest BCUT2D eigenvalue weighted by molar-refractivity contribution is 0.0563. The summed E-state index contributed by atoms with van der Waals surface area (Å²) in [5.74, 6) is 0.761. The lowest BCUT2D eigenvalue weighted by atomic mass is 9.92. The largest absolute Gasteiger partial charge is 0.343 e. The van der Waals surface area contributed by atoms with Crippen LogP contribution in [-0.4, -0.2) is 34.5 Å². The van der Waals surface area contributed by atoms with Crippen molar-refractivity contribution in [1.29, 1.82) is 0 Å². The van der Waals surface area contributed by atoms with E-state index in [1.54, 1.807) is 0 Å². The molecule has 1 fully saturated rings. The van der Waals surface area contributed by atoms with Gasteiger partial charge in [0.05, 0.1) is 0 Å². The first kappa shape index (κ1) is 14.6. The number of aryl methyl sites for hydroxylation is 1. The van der Waals surface area contributed by atoms with Crippen LogP contribution < -0.4 is 5.73 Å². The van der Waals surface area contributed by atoms with Crippen LogP contribution in [0.15, 0.2) is 16.7 Å². The topological polar surface area (TPSA) is 51.3 Å². The summed E-state index contributed by atoms with van der Waals surface area (Å²) in [4.78, 5) is 14.6. The molecule has 2 atom stereocenters. The Morgan fingerprint density at radius 3 is 2.95 bits per heavy atom. The number of halogens is 1. The van der Waals surface area contributed by atoms with Crippen molar-refractivity contribution in [2.75, 3.05) is 13.1 Å². The van der Waals surface area contributed by atoms with Gasteiger partial charge in [0.1, 0.15) is 5.69 Å². The second kappa shape index (κ2) is 6.09. The Bertz CT molecular complexity index is 458. The van der Waals surface area contributed by atoms with Gasteiger partial charge in [0.15, 0.2) is 0 Å². The fourth-order valence-electron chi connectivity index (χ4n) is 2.80. The number of likely N-dealkylation sites (tertiary alicyclic amines) is 1. The second-order valence-electron chi connectivity index (χ2n) is 5.35. The van der Waals surface area contributed by atoms with Gasteiger partial charge < -0.3 is 15.2 Å². The molecule has 1 aliphatic rings. The highest BCUT2D eigenvalue weighted by Crippen LogP contribution is 2.25. The minimum Gasteiger partial charge on any atom is -0.343 e. The van der Waals surface area contributed by atoms with E-state index in [9.17, 15) is 4.79 Å². The van der Waals surface area contributed by atoms with Crippen LogP contribution in [0.1, 0.15) is 37.2 Å². The van der Waals surface area contributed by atoms with Crippen LogP contribution in [0.25, 0.3) is 0 Å². The summed E-state index contributed by atoms with van der Waals surface area (Å²) in [6.45, 7) is 6.43. The molecule has 2 heterocycles. The molecule has 0 radical (unpaired) electrons. The zero-order valence-electron chi connectivity index (χ0n) is 11.6. The smallest absolute Gasteiger partial charge is 0.270 e. The highest BCUT2D eigenvalue weighted by atomic mass is 79.9. The minimum absolute atomic E-state index is 0.106. The predicted octanol–water partition coefficient (Wildman–Crippen LogP) is 2.47. The Morgan fingerprint density at radius 2 is 2.32 bits per heavy atom. The predicted molar refractivity (Wildman–Crippen MR) is 80.1 cm³/mol. The number of carbonyl (C=O) groups is 1. The lowest BCUT2D eigenvalue weighted by Gasteiger charge is -2.38. The van der Waals surface area contributed by atoms with Gasteiger partial charge in [0, 0.05) is 36.3 Å². The highest BCUT2D eigenvalue weighted by molar-refractivity contribution is 9.10. The quantitative estimate of drug-likeness (QED) is 0.927. The number of hydrogen-bond acceptors (Lipinski definition) is 2. The molecule has 2 unspecified atom stereocenters. The molecule has 0 aromatic carbocycles. The van der Waals surface area contributed by atoms with Crippen LogP contribution in [-0.2, 0) is 6.54 Å². The zero-order chi connectivity index (χ0) is 14.0. The van der Waals surface area contributed by atoms with E-state index < -0.39 is 0 Å². The number of carbonyl (C=O) groups excluding carboxylic acids is 1. The van der Waals surface area contributed by atoms with Crippen LogP contribution in [0.4, 0.5) is 0 Å². The third-order valence-electron chi connectivity index (χ3n) is 3.93. The summed E-state index contributed by atoms with van der Waals surface area (Å²) in [5, 5.41) is 0. The minimum atomic E-state index is 0.106. The standard InChI is InChI=1S/C14H22BrN3O/c1-3-17-9-11(15)7-13(17)14(19)18-5-4-10(2)6-12(18)8-16/h7,9-10,12H,3-6,8,16H2,1-2H3. The number of piperidine rings is 1. The third-order valence-corrected chi connectivity index (χ3v) is 4.37. The molecule has 1 aliphatic heterocycles. The van der Waals surface area contributed by atoms with E-state index in [0.29, 0.717) is 12.5 Å². The summed E-state index contributed by atoms with van der Waals surface area (Å²) in [7, 11) is 0. The molecule has 0 bridgehead atoms. The second-order valence-corrected chi connectivity index (χ2v) is 6.26. The van der Waals surface area contributed by atoms with Crippen molar-refractivity contribution < 1.29 is 4.79 Å². The van der Waals surface area contributed by atoms with Crippen LogP contribution in [0, 0.1) is 5.92 Å². The van der Waals surface area contributed by atoms with Gasteiger partial charge in [-0.25, -0.2) is 0 Å². The average Bonchev–Trinajstić information content (AvgIpc) is 2.79. The van der Waals surface area contributed by atoms with E-state index in [0.717, 1.165) is 36.1 Å². The van der Waals surface area contributed by atoms with E-state index in [1.165, 1.54) is 0 Å². The van der Waals surface area contributed by atoms with Gasteiger partial charge in [-0.3, -0.25) is 4.79 Å². The Hall–Kier alpha value is -0.810. The maximum absolute atomic E-state index is 12.7. The molecular weight excluding hydrogens is 306 g/mol. The van der Waals surface area contributed by atoms with Crippen molar-refractivity contribution in [2.45, 2.75) is 39.3 Å². The van der Waals surface area contributed by atoms with E-state index in [-0.39, 0.29) is 11.9 Å². The van der Waals surface area contributed by atoms with Crippen molar-refractivity contribution in [3.05, 3.63) is 22.4 Å². The first-order valence-corrected chi connectivity index (χ1v) is 7.72. The van der Waals surface area contributed by atoms with Gasteiger partial charge in [-0.15, -0.1) is 0 Å². The fourth-order valence-corrected chi connectivity index (χ4v) is 3.27. The van der Waals surface area contributed by atoms with Gasteiger partial charge >= 0.3 is 0 Å². The molecule has 1 amide bonds. The van der Waals surface area contributed by atoms with E-state index in [4.69, 9.17) is 5.73 Å². The SMILES string of the molecule is CCn1cc(Br)cc1C(=O)N1CCC(C)CC1CN. The number of nitrogens with zero attached hydrogens (tertiary/aromatic N) is 2. The van der Waals surface area contributed by atoms with Gasteiger partial charge in [-0.05, 0) is 47.7 Å². The third kappa shape index (κ3) is 3.03. The van der Waals surface area contributed by atoms with Crippen LogP contribution >= 0.6 is 15.9 Å². The summed E-state index contributed by atoms with van der Waals surface area (Å²) >= 11 is 3.44. The van der Waals surface area contributed by atoms with Crippen molar-refractivity contribution >= 4 is 21.8 Å². The maximum Gasteiger partial charge on any atom is 0.270 e. The summed E-state index contributed by atoms with van der Waals surface area (Å²) < 4.78 is 2.94. The van der Waals surface area contributed by atoms with Crippen molar-refractivity contribution in [3.63, 3.8) is 0 Å². The van der Waals surface area contributed by atoms with E-state index in [2.05, 4.69) is 22.9 Å². The highest BCUT2D eigenvalue weighted by Gasteiger charge is 2.30. The van der Waals surface area contributed by atoms with Gasteiger partial charge in [-0.1, -0.05) is 6.92 Å². The molecule has 1 saturated heterocycles. The molecule has 0 saturated carbocycles. The molecule has 19 heavy (non-hydrogen) atoms. The van der Waals surface area contributed by atoms with Crippen molar-refractivity contribution in [3.8, 4) is 0 Å². The van der Waals surface area contributed by atoms with E-state index >= 15 is 0 Å². The number of hydrogen-bond donors (Lipinski definition) is 1. The molecule has 0 spiro atoms. The molecule has 4 nitrogen and oxygen atoms in total. The molecule has 2 rings (SSSR count). The van der Waals surface area contributed by atoms with Gasteiger partial charge in [0.25, 0.3) is 5.91 Å². The van der Waals surface area contributed by atoms with Crippen molar-refractivity contribution in [2.24, 2.45) is 11.7 Å². The normalized spacial score (nSPS) is 23.7. The molecule has 5 heteroatoms. The first-order valence-electron chi connectivity index (χ1n) is 6.93. The Morgan fingerprint density at radius 1 is 1.58 bits per heavy atom. The molecule has 2 N–H and O–H groups in total. The van der Waals surface area contributed by atoms with E-state index in [1.807, 2.05) is 28.7 Å². The van der Waals surface area contributed by atoms with Gasteiger partial charge in [-0.2, -0.15) is 0 Å². The zero-order valence-corrected chi connectivity index (χ0v) is 13.2. The number of nitrogens with two attached hydrogens (primary N) is 1. The fraction of sp³-hybridized carbons (Fsp3) is 0.643. The number of amides is 1. The molecule has 0 aliphatic carbocycles. The van der Waals surface area contributed by atoms with Crippen molar-refractivity contribution in [1.82, 2.24) is 9.47 Å². The summed E-state index contributed by atoms with van der Waals surface area (Å²) in [6.07, 6.45) is 4.03. The van der Waals surface area contributed by atoms with Crippen LogP contribution in [0.2, 0.25) is 0 Å². The average molecular weight is 328 g/mol. The maximum atomic E-state index is 12.7. The van der Waals surface area contributed by atoms with Crippen LogP contribution in [0.5, 0.6) is 0 Å². The molecule has 1 aromatic heterocycles. The molecular formula is C14H22BrN3O. The Balaban J connectivity index is 2.22. The Labute approximate surface area is 123 Å². The summed E-state index contributed by atoms with van der Waals surface area (Å²) in [5.41, 5.74) is 6.59. The number of rotatable bonds is 3.